The first-order chi connectivity index (χ1) is 26.4. The van der Waals surface area contributed by atoms with Gasteiger partial charge in [-0.2, -0.15) is 0 Å². The second kappa shape index (κ2) is 18.2. The summed E-state index contributed by atoms with van der Waals surface area (Å²) in [7, 11) is 6.24. The highest BCUT2D eigenvalue weighted by molar-refractivity contribution is 6.39. The Kier molecular flexibility index (Phi) is 13.7. The lowest BCUT2D eigenvalue weighted by atomic mass is 9.99. The molecule has 2 aromatic carbocycles. The van der Waals surface area contributed by atoms with E-state index in [0.717, 1.165) is 59.4 Å². The maximum absolute atomic E-state index is 13.8. The summed E-state index contributed by atoms with van der Waals surface area (Å²) in [5.41, 5.74) is 3.23. The molecule has 3 aromatic heterocycles. The molecule has 2 aliphatic rings. The number of carbonyl (C=O) groups excluding carboxylic acids is 1. The van der Waals surface area contributed by atoms with Crippen LogP contribution in [0.3, 0.4) is 0 Å². The number of amides is 1. The fourth-order valence-corrected chi connectivity index (χ4v) is 7.38. The molecule has 1 aliphatic heterocycles. The Morgan fingerprint density at radius 2 is 1.64 bits per heavy atom. The number of alkyl halides is 2. The van der Waals surface area contributed by atoms with Crippen molar-refractivity contribution in [3.63, 3.8) is 0 Å². The van der Waals surface area contributed by atoms with Crippen LogP contribution in [0.15, 0.2) is 58.1 Å². The van der Waals surface area contributed by atoms with Crippen LogP contribution in [0.5, 0.6) is 5.88 Å². The molecule has 0 radical (unpaired) electrons. The lowest BCUT2D eigenvalue weighted by Gasteiger charge is -2.17. The van der Waals surface area contributed by atoms with Crippen molar-refractivity contribution in [3.8, 4) is 28.3 Å². The van der Waals surface area contributed by atoms with Crippen molar-refractivity contribution in [1.82, 2.24) is 29.7 Å². The van der Waals surface area contributed by atoms with Gasteiger partial charge < -0.3 is 20.7 Å². The standard InChI is InChI=1S/C31H25Cl2F2N5O3.C7H14N2O.C2H6/c1-39-23-14-22(27(34)35)37-28(24(23)30(41)40(2)31(39)42)36-20-12-6-10-18(26(20)33)17-9-5-11-19(25(17)32)21-13-15-7-4-8-16(15)29(38-21)43-3;1-8-5-4-6-2-3-7(10)9-6;1-2/h5-6,9-14,27H,4,7-8H2,1-3H3,(H,36,37);6,8H,2-5H2,1H3,(H,9,10);1-2H3. The number of aromatic nitrogens is 4. The molecule has 1 saturated heterocycles. The topological polar surface area (TPSA) is 132 Å². The monoisotopic (exact) mass is 795 g/mol. The normalized spacial score (nSPS) is 14.5. The summed E-state index contributed by atoms with van der Waals surface area (Å²) in [6.45, 7) is 4.99. The molecule has 11 nitrogen and oxygen atoms in total. The maximum Gasteiger partial charge on any atom is 0.330 e. The van der Waals surface area contributed by atoms with E-state index < -0.39 is 23.4 Å². The maximum atomic E-state index is 13.8. The molecule has 5 aromatic rings. The highest BCUT2D eigenvalue weighted by Gasteiger charge is 2.24. The molecule has 1 amide bonds. The SMILES string of the molecule is CC.CNCCC1CCC(=O)N1.COc1nc(-c2cccc(-c3cccc(Nc4nc(C(F)F)cc5c4c(=O)n(C)c(=O)n5C)c3Cl)c2Cl)cc2c1CCC2. The molecule has 1 fully saturated rings. The van der Waals surface area contributed by atoms with Gasteiger partial charge in [0, 0.05) is 48.8 Å². The van der Waals surface area contributed by atoms with Gasteiger partial charge in [-0.3, -0.25) is 18.7 Å². The highest BCUT2D eigenvalue weighted by Crippen LogP contribution is 2.43. The largest absolute Gasteiger partial charge is 0.481 e. The van der Waals surface area contributed by atoms with Crippen molar-refractivity contribution in [2.75, 3.05) is 26.0 Å². The second-order valence-corrected chi connectivity index (χ2v) is 13.7. The first kappa shape index (κ1) is 41.3. The number of rotatable bonds is 9. The molecule has 1 aliphatic carbocycles. The van der Waals surface area contributed by atoms with E-state index in [-0.39, 0.29) is 27.7 Å². The van der Waals surface area contributed by atoms with Crippen LogP contribution >= 0.6 is 23.2 Å². The molecular weight excluding hydrogens is 751 g/mol. The van der Waals surface area contributed by atoms with Crippen LogP contribution in [0.1, 0.15) is 62.8 Å². The van der Waals surface area contributed by atoms with Crippen LogP contribution in [0.2, 0.25) is 10.0 Å². The van der Waals surface area contributed by atoms with E-state index in [0.29, 0.717) is 51.4 Å². The van der Waals surface area contributed by atoms with Gasteiger partial charge in [-0.25, -0.2) is 23.5 Å². The van der Waals surface area contributed by atoms with E-state index in [4.69, 9.17) is 32.9 Å². The first-order valence-electron chi connectivity index (χ1n) is 18.2. The van der Waals surface area contributed by atoms with Gasteiger partial charge in [0.15, 0.2) is 0 Å². The van der Waals surface area contributed by atoms with Gasteiger partial charge in [0.2, 0.25) is 11.8 Å². The molecule has 0 bridgehead atoms. The Bertz CT molecular complexity index is 2330. The number of benzene rings is 2. The fraction of sp³-hybridized carbons (Fsp3) is 0.375. The first-order valence-corrected chi connectivity index (χ1v) is 18.9. The van der Waals surface area contributed by atoms with Crippen LogP contribution < -0.4 is 31.9 Å². The van der Waals surface area contributed by atoms with E-state index in [1.54, 1.807) is 25.3 Å². The summed E-state index contributed by atoms with van der Waals surface area (Å²) in [6.07, 6.45) is 2.73. The molecule has 292 valence electrons. The van der Waals surface area contributed by atoms with Gasteiger partial charge in [-0.05, 0) is 69.5 Å². The Balaban J connectivity index is 0.000000417. The zero-order chi connectivity index (χ0) is 40.0. The Labute approximate surface area is 328 Å². The molecule has 0 spiro atoms. The van der Waals surface area contributed by atoms with Crippen molar-refractivity contribution < 1.29 is 18.3 Å². The number of fused-ring (bicyclic) bond motifs is 2. The van der Waals surface area contributed by atoms with Crippen LogP contribution in [0.4, 0.5) is 20.3 Å². The zero-order valence-electron chi connectivity index (χ0n) is 31.7. The smallest absolute Gasteiger partial charge is 0.330 e. The Hall–Kier alpha value is -4.85. The summed E-state index contributed by atoms with van der Waals surface area (Å²) in [4.78, 5) is 45.1. The molecule has 55 heavy (non-hydrogen) atoms. The molecule has 15 heteroatoms. The average Bonchev–Trinajstić information content (AvgIpc) is 3.85. The number of nitrogens with one attached hydrogen (secondary N) is 3. The lowest BCUT2D eigenvalue weighted by Crippen LogP contribution is -2.37. The van der Waals surface area contributed by atoms with Gasteiger partial charge in [-0.1, -0.05) is 67.4 Å². The molecule has 1 atom stereocenters. The molecule has 3 N–H and O–H groups in total. The number of aryl methyl sites for hydroxylation is 2. The lowest BCUT2D eigenvalue weighted by molar-refractivity contribution is -0.119. The van der Waals surface area contributed by atoms with Crippen molar-refractivity contribution in [1.29, 1.82) is 0 Å². The molecule has 7 rings (SSSR count). The second-order valence-electron chi connectivity index (χ2n) is 13.0. The van der Waals surface area contributed by atoms with Crippen molar-refractivity contribution >= 4 is 51.5 Å². The number of methoxy groups -OCH3 is 1. The van der Waals surface area contributed by atoms with Crippen LogP contribution in [-0.4, -0.2) is 51.8 Å². The third-order valence-electron chi connectivity index (χ3n) is 9.59. The fourth-order valence-electron chi connectivity index (χ4n) is 6.78. The van der Waals surface area contributed by atoms with Crippen molar-refractivity contribution in [3.05, 3.63) is 96.2 Å². The van der Waals surface area contributed by atoms with E-state index in [1.165, 1.54) is 19.7 Å². The molecule has 4 heterocycles. The summed E-state index contributed by atoms with van der Waals surface area (Å²) >= 11 is 13.9. The quantitative estimate of drug-likeness (QED) is 0.138. The number of nitrogens with zero attached hydrogens (tertiary/aromatic N) is 4. The molecular formula is C40H45Cl2F2N7O4. The summed E-state index contributed by atoms with van der Waals surface area (Å²) in [6, 6.07) is 14.2. The van der Waals surface area contributed by atoms with E-state index in [2.05, 4.69) is 20.9 Å². The highest BCUT2D eigenvalue weighted by atomic mass is 35.5. The number of hydrogen-bond acceptors (Lipinski definition) is 8. The van der Waals surface area contributed by atoms with Crippen LogP contribution in [-0.2, 0) is 31.7 Å². The number of hydrogen-bond donors (Lipinski definition) is 3. The van der Waals surface area contributed by atoms with E-state index in [1.807, 2.05) is 45.2 Å². The minimum absolute atomic E-state index is 0.0150. The molecule has 0 saturated carbocycles. The Morgan fingerprint density at radius 1 is 0.945 bits per heavy atom. The minimum atomic E-state index is -2.95. The third kappa shape index (κ3) is 8.69. The summed E-state index contributed by atoms with van der Waals surface area (Å²) < 4.78 is 35.2. The average molecular weight is 797 g/mol. The summed E-state index contributed by atoms with van der Waals surface area (Å²) in [5.74, 6) is 0.642. The van der Waals surface area contributed by atoms with Gasteiger partial charge in [0.05, 0.1) is 34.1 Å². The van der Waals surface area contributed by atoms with Crippen molar-refractivity contribution in [2.24, 2.45) is 14.1 Å². The number of halogens is 4. The van der Waals surface area contributed by atoms with Gasteiger partial charge in [0.1, 0.15) is 16.9 Å². The van der Waals surface area contributed by atoms with Crippen molar-refractivity contribution in [2.45, 2.75) is 64.8 Å². The van der Waals surface area contributed by atoms with Crippen LogP contribution in [0.25, 0.3) is 33.3 Å². The number of pyridine rings is 2. The third-order valence-corrected chi connectivity index (χ3v) is 10.4. The molecule has 1 unspecified atom stereocenters. The predicted octanol–water partition coefficient (Wildman–Crippen LogP) is 7.75. The number of ether oxygens (including phenoxy) is 1. The number of anilines is 2. The van der Waals surface area contributed by atoms with E-state index >= 15 is 0 Å². The zero-order valence-corrected chi connectivity index (χ0v) is 33.2. The minimum Gasteiger partial charge on any atom is -0.481 e. The van der Waals surface area contributed by atoms with Gasteiger partial charge >= 0.3 is 5.69 Å². The number of carbonyl (C=O) groups is 1. The van der Waals surface area contributed by atoms with Crippen LogP contribution in [0, 0.1) is 0 Å². The summed E-state index contributed by atoms with van der Waals surface area (Å²) in [5, 5.41) is 9.54. The predicted molar refractivity (Wildman–Crippen MR) is 215 cm³/mol. The van der Waals surface area contributed by atoms with Gasteiger partial charge in [-0.15, -0.1) is 0 Å². The Morgan fingerprint density at radius 3 is 2.29 bits per heavy atom. The van der Waals surface area contributed by atoms with E-state index in [9.17, 15) is 23.2 Å². The van der Waals surface area contributed by atoms with Gasteiger partial charge in [0.25, 0.3) is 12.0 Å².